The molecule has 14 heavy (non-hydrogen) atoms. The molecule has 0 heterocycles. The van der Waals surface area contributed by atoms with E-state index in [-0.39, 0.29) is 0 Å². The Bertz CT molecular complexity index is 240. The second-order valence-electron chi connectivity index (χ2n) is 3.09. The molecule has 3 heteroatoms. The Morgan fingerprint density at radius 1 is 1.43 bits per heavy atom. The van der Waals surface area contributed by atoms with Crippen molar-refractivity contribution >= 4 is 5.69 Å². The minimum Gasteiger partial charge on any atom is -0.494 e. The van der Waals surface area contributed by atoms with Gasteiger partial charge in [0.05, 0.1) is 6.61 Å². The molecule has 0 aliphatic heterocycles. The summed E-state index contributed by atoms with van der Waals surface area (Å²) in [4.78, 5) is 0. The van der Waals surface area contributed by atoms with Gasteiger partial charge in [0.2, 0.25) is 0 Å². The Balaban J connectivity index is 2.50. The second kappa shape index (κ2) is 6.27. The maximum absolute atomic E-state index is 5.50. The van der Waals surface area contributed by atoms with Crippen molar-refractivity contribution in [3.8, 4) is 5.75 Å². The fourth-order valence-electron chi connectivity index (χ4n) is 1.13. The first-order valence-corrected chi connectivity index (χ1v) is 5.03. The predicted molar refractivity (Wildman–Crippen MR) is 59.8 cm³/mol. The summed E-state index contributed by atoms with van der Waals surface area (Å²) in [6, 6.07) is 7.94. The van der Waals surface area contributed by atoms with Gasteiger partial charge in [0.25, 0.3) is 0 Å². The number of anilines is 1. The van der Waals surface area contributed by atoms with Crippen LogP contribution < -0.4 is 15.8 Å². The van der Waals surface area contributed by atoms with E-state index in [0.717, 1.165) is 31.0 Å². The van der Waals surface area contributed by atoms with Crippen LogP contribution in [0.2, 0.25) is 0 Å². The molecule has 0 amide bonds. The summed E-state index contributed by atoms with van der Waals surface area (Å²) in [5.74, 6) is 0.911. The lowest BCUT2D eigenvalue weighted by Gasteiger charge is -2.08. The first kappa shape index (κ1) is 10.9. The van der Waals surface area contributed by atoms with E-state index >= 15 is 0 Å². The molecule has 3 nitrogen and oxygen atoms in total. The summed E-state index contributed by atoms with van der Waals surface area (Å²) in [6.07, 6.45) is 1.03. The highest BCUT2D eigenvalue weighted by Crippen LogP contribution is 2.16. The average molecular weight is 194 g/mol. The van der Waals surface area contributed by atoms with Gasteiger partial charge in [0.15, 0.2) is 0 Å². The first-order chi connectivity index (χ1) is 6.86. The highest BCUT2D eigenvalue weighted by Gasteiger charge is 1.94. The number of rotatable bonds is 6. The van der Waals surface area contributed by atoms with Gasteiger partial charge >= 0.3 is 0 Å². The van der Waals surface area contributed by atoms with E-state index < -0.39 is 0 Å². The molecule has 0 aliphatic rings. The molecule has 0 saturated heterocycles. The molecule has 0 radical (unpaired) electrons. The zero-order valence-corrected chi connectivity index (χ0v) is 8.62. The lowest BCUT2D eigenvalue weighted by molar-refractivity contribution is 0.317. The van der Waals surface area contributed by atoms with Crippen LogP contribution in [-0.2, 0) is 0 Å². The first-order valence-electron chi connectivity index (χ1n) is 5.03. The molecule has 1 aromatic rings. The molecular formula is C11H18N2O. The van der Waals surface area contributed by atoms with E-state index in [1.807, 2.05) is 24.3 Å². The van der Waals surface area contributed by atoms with Gasteiger partial charge in [-0.2, -0.15) is 0 Å². The van der Waals surface area contributed by atoms with Crippen molar-refractivity contribution in [1.82, 2.24) is 0 Å². The predicted octanol–water partition coefficient (Wildman–Crippen LogP) is 1.85. The topological polar surface area (TPSA) is 47.3 Å². The summed E-state index contributed by atoms with van der Waals surface area (Å²) in [5, 5.41) is 3.21. The maximum Gasteiger partial charge on any atom is 0.121 e. The molecule has 1 rings (SSSR count). The van der Waals surface area contributed by atoms with Gasteiger partial charge < -0.3 is 15.8 Å². The van der Waals surface area contributed by atoms with E-state index in [0.29, 0.717) is 6.54 Å². The lowest BCUT2D eigenvalue weighted by Crippen LogP contribution is -2.12. The van der Waals surface area contributed by atoms with Crippen LogP contribution in [0.15, 0.2) is 24.3 Å². The molecule has 1 aromatic carbocycles. The smallest absolute Gasteiger partial charge is 0.121 e. The van der Waals surface area contributed by atoms with Crippen molar-refractivity contribution < 1.29 is 4.74 Å². The Hall–Kier alpha value is -1.22. The van der Waals surface area contributed by atoms with Crippen molar-refractivity contribution in [2.24, 2.45) is 5.73 Å². The molecule has 0 atom stereocenters. The van der Waals surface area contributed by atoms with E-state index in [2.05, 4.69) is 12.2 Å². The quantitative estimate of drug-likeness (QED) is 0.726. The Morgan fingerprint density at radius 2 is 2.29 bits per heavy atom. The largest absolute Gasteiger partial charge is 0.494 e. The number of hydrogen-bond acceptors (Lipinski definition) is 3. The molecule has 0 unspecified atom stereocenters. The fourth-order valence-corrected chi connectivity index (χ4v) is 1.13. The van der Waals surface area contributed by atoms with Crippen LogP contribution in [0.4, 0.5) is 5.69 Å². The van der Waals surface area contributed by atoms with E-state index in [4.69, 9.17) is 10.5 Å². The number of ether oxygens (including phenoxy) is 1. The monoisotopic (exact) mass is 194 g/mol. The summed E-state index contributed by atoms with van der Waals surface area (Å²) in [7, 11) is 0. The van der Waals surface area contributed by atoms with Gasteiger partial charge in [-0.25, -0.2) is 0 Å². The molecular weight excluding hydrogens is 176 g/mol. The summed E-state index contributed by atoms with van der Waals surface area (Å²) >= 11 is 0. The van der Waals surface area contributed by atoms with Gasteiger partial charge in [-0.05, 0) is 18.6 Å². The highest BCUT2D eigenvalue weighted by molar-refractivity contribution is 5.48. The van der Waals surface area contributed by atoms with Gasteiger partial charge in [-0.15, -0.1) is 0 Å². The van der Waals surface area contributed by atoms with Crippen LogP contribution in [0.5, 0.6) is 5.75 Å². The van der Waals surface area contributed by atoms with Gasteiger partial charge in [0.1, 0.15) is 5.75 Å². The molecule has 78 valence electrons. The van der Waals surface area contributed by atoms with Crippen LogP contribution in [0.25, 0.3) is 0 Å². The maximum atomic E-state index is 5.50. The van der Waals surface area contributed by atoms with E-state index in [1.165, 1.54) is 0 Å². The van der Waals surface area contributed by atoms with Crippen LogP contribution in [0, 0.1) is 0 Å². The molecule has 3 N–H and O–H groups in total. The number of nitrogens with two attached hydrogens (primary N) is 1. The summed E-state index contributed by atoms with van der Waals surface area (Å²) in [5.41, 5.74) is 6.46. The van der Waals surface area contributed by atoms with Gasteiger partial charge in [0, 0.05) is 24.8 Å². The van der Waals surface area contributed by atoms with Crippen LogP contribution in [-0.4, -0.2) is 19.7 Å². The van der Waals surface area contributed by atoms with Crippen molar-refractivity contribution in [3.63, 3.8) is 0 Å². The number of nitrogens with one attached hydrogen (secondary N) is 1. The van der Waals surface area contributed by atoms with Crippen LogP contribution in [0.1, 0.15) is 13.3 Å². The Morgan fingerprint density at radius 3 is 3.00 bits per heavy atom. The van der Waals surface area contributed by atoms with Crippen molar-refractivity contribution in [1.29, 1.82) is 0 Å². The number of hydrogen-bond donors (Lipinski definition) is 2. The number of benzene rings is 1. The summed E-state index contributed by atoms with van der Waals surface area (Å²) in [6.45, 7) is 4.29. The highest BCUT2D eigenvalue weighted by atomic mass is 16.5. The minimum atomic E-state index is 0.639. The molecule has 0 fully saturated rings. The van der Waals surface area contributed by atoms with E-state index in [1.54, 1.807) is 0 Å². The molecule has 0 aliphatic carbocycles. The third-order valence-corrected chi connectivity index (χ3v) is 1.78. The lowest BCUT2D eigenvalue weighted by atomic mass is 10.3. The minimum absolute atomic E-state index is 0.639. The summed E-state index contributed by atoms with van der Waals surface area (Å²) < 4.78 is 5.50. The van der Waals surface area contributed by atoms with Crippen molar-refractivity contribution in [3.05, 3.63) is 24.3 Å². The van der Waals surface area contributed by atoms with Gasteiger partial charge in [-0.1, -0.05) is 13.0 Å². The van der Waals surface area contributed by atoms with Crippen LogP contribution >= 0.6 is 0 Å². The van der Waals surface area contributed by atoms with Gasteiger partial charge in [-0.3, -0.25) is 0 Å². The average Bonchev–Trinajstić information content (AvgIpc) is 2.24. The van der Waals surface area contributed by atoms with Crippen LogP contribution in [0.3, 0.4) is 0 Å². The standard InChI is InChI=1S/C11H18N2O/c1-2-8-14-11-5-3-4-10(9-11)13-7-6-12/h3-5,9,13H,2,6-8,12H2,1H3. The van der Waals surface area contributed by atoms with Crippen molar-refractivity contribution in [2.45, 2.75) is 13.3 Å². The molecule has 0 aromatic heterocycles. The Kier molecular flexibility index (Phi) is 4.86. The zero-order chi connectivity index (χ0) is 10.2. The fraction of sp³-hybridized carbons (Fsp3) is 0.455. The third-order valence-electron chi connectivity index (χ3n) is 1.78. The van der Waals surface area contributed by atoms with Crippen molar-refractivity contribution in [2.75, 3.05) is 25.0 Å². The molecule has 0 saturated carbocycles. The zero-order valence-electron chi connectivity index (χ0n) is 8.62. The Labute approximate surface area is 85.3 Å². The molecule has 0 spiro atoms. The SMILES string of the molecule is CCCOc1cccc(NCCN)c1. The normalized spacial score (nSPS) is 9.86. The third kappa shape index (κ3) is 3.66. The van der Waals surface area contributed by atoms with E-state index in [9.17, 15) is 0 Å². The molecule has 0 bridgehead atoms. The second-order valence-corrected chi connectivity index (χ2v) is 3.09.